The van der Waals surface area contributed by atoms with Crippen LogP contribution < -0.4 is 5.32 Å². The fourth-order valence-corrected chi connectivity index (χ4v) is 2.91. The van der Waals surface area contributed by atoms with Crippen LogP contribution in [0.15, 0.2) is 0 Å². The second-order valence-electron chi connectivity index (χ2n) is 4.81. The Kier molecular flexibility index (Phi) is 4.51. The first-order chi connectivity index (χ1) is 7.41. The van der Waals surface area contributed by atoms with Gasteiger partial charge in [-0.1, -0.05) is 13.8 Å². The minimum atomic E-state index is 0.226. The Balaban J connectivity index is 2.79. The van der Waals surface area contributed by atoms with Gasteiger partial charge in [-0.15, -0.1) is 11.3 Å². The summed E-state index contributed by atoms with van der Waals surface area (Å²) in [4.78, 5) is 5.96. The van der Waals surface area contributed by atoms with E-state index in [2.05, 4.69) is 51.8 Å². The van der Waals surface area contributed by atoms with Crippen LogP contribution >= 0.6 is 11.3 Å². The number of hydrogen-bond acceptors (Lipinski definition) is 3. The third-order valence-electron chi connectivity index (χ3n) is 3.48. The molecule has 1 N–H and O–H groups in total. The highest BCUT2D eigenvalue weighted by Crippen LogP contribution is 2.26. The van der Waals surface area contributed by atoms with Gasteiger partial charge < -0.3 is 5.32 Å². The lowest BCUT2D eigenvalue weighted by Gasteiger charge is -2.31. The first kappa shape index (κ1) is 13.7. The first-order valence-electron chi connectivity index (χ1n) is 6.13. The number of rotatable bonds is 5. The predicted molar refractivity (Wildman–Crippen MR) is 72.1 cm³/mol. The third kappa shape index (κ3) is 3.05. The molecule has 0 aliphatic heterocycles. The van der Waals surface area contributed by atoms with Crippen LogP contribution in [-0.2, 0) is 0 Å². The van der Waals surface area contributed by atoms with Crippen LogP contribution in [0, 0.1) is 13.8 Å². The van der Waals surface area contributed by atoms with Crippen molar-refractivity contribution in [1.82, 2.24) is 10.3 Å². The minimum Gasteiger partial charge on any atom is -0.304 e. The molecule has 2 nitrogen and oxygen atoms in total. The molecule has 1 rings (SSSR count). The highest BCUT2D eigenvalue weighted by molar-refractivity contribution is 7.11. The van der Waals surface area contributed by atoms with Gasteiger partial charge in [0.05, 0.1) is 10.7 Å². The maximum absolute atomic E-state index is 4.62. The molecule has 16 heavy (non-hydrogen) atoms. The highest BCUT2D eigenvalue weighted by atomic mass is 32.1. The Morgan fingerprint density at radius 2 is 1.88 bits per heavy atom. The van der Waals surface area contributed by atoms with Crippen LogP contribution in [0.5, 0.6) is 0 Å². The van der Waals surface area contributed by atoms with Gasteiger partial charge in [0.2, 0.25) is 0 Å². The number of thiazole rings is 1. The summed E-state index contributed by atoms with van der Waals surface area (Å²) in [5.41, 5.74) is 1.44. The lowest BCUT2D eigenvalue weighted by molar-refractivity contribution is 0.296. The van der Waals surface area contributed by atoms with Crippen molar-refractivity contribution in [1.29, 1.82) is 0 Å². The maximum atomic E-state index is 4.62. The molecule has 0 aromatic carbocycles. The third-order valence-corrected chi connectivity index (χ3v) is 4.38. The quantitative estimate of drug-likeness (QED) is 0.842. The summed E-state index contributed by atoms with van der Waals surface area (Å²) >= 11 is 1.79. The van der Waals surface area contributed by atoms with E-state index in [1.807, 2.05) is 0 Å². The Hall–Kier alpha value is -0.410. The van der Waals surface area contributed by atoms with E-state index >= 15 is 0 Å². The molecule has 0 bridgehead atoms. The number of hydrogen-bond donors (Lipinski definition) is 1. The van der Waals surface area contributed by atoms with E-state index in [1.165, 1.54) is 10.6 Å². The zero-order chi connectivity index (χ0) is 12.3. The maximum Gasteiger partial charge on any atom is 0.0900 e. The van der Waals surface area contributed by atoms with Crippen molar-refractivity contribution in [3.8, 4) is 0 Å². The van der Waals surface area contributed by atoms with E-state index in [0.29, 0.717) is 6.04 Å². The van der Waals surface area contributed by atoms with E-state index in [9.17, 15) is 0 Å². The van der Waals surface area contributed by atoms with E-state index in [0.717, 1.165) is 17.8 Å². The SMILES string of the molecule is CCC(C)(CC)NC(C)c1nc(C)sc1C. The molecule has 1 aromatic heterocycles. The zero-order valence-electron chi connectivity index (χ0n) is 11.3. The van der Waals surface area contributed by atoms with E-state index in [4.69, 9.17) is 0 Å². The molecular formula is C13H24N2S. The van der Waals surface area contributed by atoms with Crippen molar-refractivity contribution in [2.45, 2.75) is 66.0 Å². The van der Waals surface area contributed by atoms with Crippen molar-refractivity contribution < 1.29 is 0 Å². The molecule has 0 saturated carbocycles. The van der Waals surface area contributed by atoms with Crippen molar-refractivity contribution in [3.63, 3.8) is 0 Å². The Labute approximate surface area is 103 Å². The number of aromatic nitrogens is 1. The normalized spacial score (nSPS) is 14.1. The average Bonchev–Trinajstić information content (AvgIpc) is 2.57. The summed E-state index contributed by atoms with van der Waals surface area (Å²) in [5.74, 6) is 0. The molecule has 0 radical (unpaired) electrons. The molecule has 0 aliphatic rings. The van der Waals surface area contributed by atoms with Gasteiger partial charge in [-0.2, -0.15) is 0 Å². The lowest BCUT2D eigenvalue weighted by atomic mass is 9.94. The summed E-state index contributed by atoms with van der Waals surface area (Å²) < 4.78 is 0. The Morgan fingerprint density at radius 3 is 2.25 bits per heavy atom. The molecule has 3 heteroatoms. The molecule has 0 saturated heterocycles. The van der Waals surface area contributed by atoms with Crippen LogP contribution in [0.2, 0.25) is 0 Å². The van der Waals surface area contributed by atoms with E-state index in [-0.39, 0.29) is 5.54 Å². The Bertz CT molecular complexity index is 340. The molecule has 0 amide bonds. The van der Waals surface area contributed by atoms with Crippen LogP contribution in [0.1, 0.15) is 62.2 Å². The molecule has 0 spiro atoms. The molecule has 0 aliphatic carbocycles. The minimum absolute atomic E-state index is 0.226. The van der Waals surface area contributed by atoms with Crippen molar-refractivity contribution in [2.75, 3.05) is 0 Å². The lowest BCUT2D eigenvalue weighted by Crippen LogP contribution is -2.42. The Morgan fingerprint density at radius 1 is 1.31 bits per heavy atom. The fourth-order valence-electron chi connectivity index (χ4n) is 1.99. The summed E-state index contributed by atoms with van der Waals surface area (Å²) in [6.45, 7) is 13.2. The molecular weight excluding hydrogens is 216 g/mol. The van der Waals surface area contributed by atoms with Gasteiger partial charge in [0.15, 0.2) is 0 Å². The van der Waals surface area contributed by atoms with Crippen molar-refractivity contribution in [3.05, 3.63) is 15.6 Å². The van der Waals surface area contributed by atoms with Gasteiger partial charge in [0.25, 0.3) is 0 Å². The van der Waals surface area contributed by atoms with Crippen LogP contribution in [0.4, 0.5) is 0 Å². The van der Waals surface area contributed by atoms with Gasteiger partial charge in [-0.25, -0.2) is 4.98 Å². The number of aryl methyl sites for hydroxylation is 2. The smallest absolute Gasteiger partial charge is 0.0900 e. The topological polar surface area (TPSA) is 24.9 Å². The predicted octanol–water partition coefficient (Wildman–Crippen LogP) is 3.99. The van der Waals surface area contributed by atoms with Crippen molar-refractivity contribution in [2.24, 2.45) is 0 Å². The second-order valence-corrected chi connectivity index (χ2v) is 6.22. The standard InChI is InChI=1S/C13H24N2S/c1-7-13(6,8-2)15-9(3)12-10(4)16-11(5)14-12/h9,15H,7-8H2,1-6H3. The van der Waals surface area contributed by atoms with Crippen molar-refractivity contribution >= 4 is 11.3 Å². The monoisotopic (exact) mass is 240 g/mol. The summed E-state index contributed by atoms with van der Waals surface area (Å²) in [6, 6.07) is 0.342. The largest absolute Gasteiger partial charge is 0.304 e. The van der Waals surface area contributed by atoms with Gasteiger partial charge >= 0.3 is 0 Å². The molecule has 0 fully saturated rings. The summed E-state index contributed by atoms with van der Waals surface area (Å²) in [5, 5.41) is 4.87. The van der Waals surface area contributed by atoms with Gasteiger partial charge in [-0.3, -0.25) is 0 Å². The molecule has 1 atom stereocenters. The highest BCUT2D eigenvalue weighted by Gasteiger charge is 2.24. The fraction of sp³-hybridized carbons (Fsp3) is 0.769. The van der Waals surface area contributed by atoms with Crippen LogP contribution in [0.3, 0.4) is 0 Å². The molecule has 1 unspecified atom stereocenters. The zero-order valence-corrected chi connectivity index (χ0v) is 12.2. The van der Waals surface area contributed by atoms with Crippen LogP contribution in [-0.4, -0.2) is 10.5 Å². The first-order valence-corrected chi connectivity index (χ1v) is 6.95. The summed E-state index contributed by atoms with van der Waals surface area (Å²) in [6.07, 6.45) is 2.30. The molecule has 1 aromatic rings. The van der Waals surface area contributed by atoms with Crippen LogP contribution in [0.25, 0.3) is 0 Å². The number of nitrogens with one attached hydrogen (secondary N) is 1. The van der Waals surface area contributed by atoms with Gasteiger partial charge in [-0.05, 0) is 40.5 Å². The van der Waals surface area contributed by atoms with Gasteiger partial charge in [0.1, 0.15) is 0 Å². The molecule has 1 heterocycles. The molecule has 92 valence electrons. The number of nitrogens with zero attached hydrogens (tertiary/aromatic N) is 1. The second kappa shape index (κ2) is 5.28. The van der Waals surface area contributed by atoms with E-state index in [1.54, 1.807) is 11.3 Å². The average molecular weight is 240 g/mol. The van der Waals surface area contributed by atoms with Gasteiger partial charge in [0, 0.05) is 16.5 Å². The summed E-state index contributed by atoms with van der Waals surface area (Å²) in [7, 11) is 0. The van der Waals surface area contributed by atoms with E-state index < -0.39 is 0 Å².